The second kappa shape index (κ2) is 4.52. The van der Waals surface area contributed by atoms with Crippen LogP contribution in [0.5, 0.6) is 5.75 Å². The van der Waals surface area contributed by atoms with E-state index in [0.717, 1.165) is 6.07 Å². The van der Waals surface area contributed by atoms with Gasteiger partial charge in [-0.3, -0.25) is 0 Å². The fourth-order valence-corrected chi connectivity index (χ4v) is 3.16. The molecule has 1 atom stereocenters. The molecule has 1 aliphatic rings. The van der Waals surface area contributed by atoms with Gasteiger partial charge in [-0.25, -0.2) is 13.2 Å². The van der Waals surface area contributed by atoms with Crippen LogP contribution in [0.2, 0.25) is 0 Å². The topological polar surface area (TPSA) is 45.2 Å². The lowest BCUT2D eigenvalue weighted by Gasteiger charge is -2.34. The van der Waals surface area contributed by atoms with Gasteiger partial charge in [-0.2, -0.15) is 0 Å². The van der Waals surface area contributed by atoms with Crippen molar-refractivity contribution in [2.24, 2.45) is 0 Å². The van der Waals surface area contributed by atoms with Gasteiger partial charge in [0.15, 0.2) is 5.60 Å². The van der Waals surface area contributed by atoms with Crippen LogP contribution in [-0.2, 0) is 5.60 Å². The normalized spacial score (nSPS) is 19.3. The van der Waals surface area contributed by atoms with Crippen molar-refractivity contribution in [2.75, 3.05) is 6.61 Å². The first-order valence-electron chi connectivity index (χ1n) is 7.04. The Morgan fingerprint density at radius 1 is 1.13 bits per heavy atom. The molecule has 0 spiro atoms. The van der Waals surface area contributed by atoms with Crippen LogP contribution in [0.15, 0.2) is 30.3 Å². The Balaban J connectivity index is 2.14. The summed E-state index contributed by atoms with van der Waals surface area (Å²) in [7, 11) is 0. The Labute approximate surface area is 129 Å². The second-order valence-corrected chi connectivity index (χ2v) is 5.82. The lowest BCUT2D eigenvalue weighted by atomic mass is 9.88. The van der Waals surface area contributed by atoms with E-state index in [9.17, 15) is 18.3 Å². The smallest absolute Gasteiger partial charge is 0.157 e. The van der Waals surface area contributed by atoms with Crippen LogP contribution in [0, 0.1) is 17.5 Å². The van der Waals surface area contributed by atoms with Crippen molar-refractivity contribution < 1.29 is 23.0 Å². The Morgan fingerprint density at radius 2 is 1.91 bits per heavy atom. The number of aliphatic hydroxyl groups excluding tert-OH is 1. The van der Waals surface area contributed by atoms with E-state index in [4.69, 9.17) is 4.74 Å². The van der Waals surface area contributed by atoms with Gasteiger partial charge in [0, 0.05) is 28.6 Å². The van der Waals surface area contributed by atoms with Crippen LogP contribution in [0.3, 0.4) is 0 Å². The summed E-state index contributed by atoms with van der Waals surface area (Å²) in [4.78, 5) is 2.92. The molecular weight excluding hydrogens is 307 g/mol. The van der Waals surface area contributed by atoms with Crippen molar-refractivity contribution in [3.8, 4) is 17.0 Å². The van der Waals surface area contributed by atoms with Crippen molar-refractivity contribution >= 4 is 10.9 Å². The molecule has 1 aliphatic heterocycles. The van der Waals surface area contributed by atoms with E-state index in [1.54, 1.807) is 6.92 Å². The minimum Gasteiger partial charge on any atom is -0.480 e. The average molecular weight is 319 g/mol. The van der Waals surface area contributed by atoms with E-state index < -0.39 is 29.7 Å². The number of halogens is 3. The molecule has 0 bridgehead atoms. The van der Waals surface area contributed by atoms with E-state index in [2.05, 4.69) is 4.98 Å². The van der Waals surface area contributed by atoms with E-state index in [0.29, 0.717) is 22.2 Å². The van der Waals surface area contributed by atoms with E-state index in [1.165, 1.54) is 24.3 Å². The summed E-state index contributed by atoms with van der Waals surface area (Å²) in [5.41, 5.74) is 0.351. The van der Waals surface area contributed by atoms with E-state index in [-0.39, 0.29) is 11.3 Å². The molecule has 3 aromatic rings. The molecule has 118 valence electrons. The van der Waals surface area contributed by atoms with Gasteiger partial charge >= 0.3 is 0 Å². The highest BCUT2D eigenvalue weighted by Gasteiger charge is 2.40. The zero-order chi connectivity index (χ0) is 16.4. The van der Waals surface area contributed by atoms with Crippen molar-refractivity contribution in [2.45, 2.75) is 12.5 Å². The maximum absolute atomic E-state index is 14.1. The fourth-order valence-electron chi connectivity index (χ4n) is 3.16. The molecular formula is C17H12F3NO2. The van der Waals surface area contributed by atoms with Gasteiger partial charge in [0.25, 0.3) is 0 Å². The molecule has 2 N–H and O–H groups in total. The molecule has 4 rings (SSSR count). The summed E-state index contributed by atoms with van der Waals surface area (Å²) >= 11 is 0. The van der Waals surface area contributed by atoms with Crippen LogP contribution in [0.4, 0.5) is 13.2 Å². The maximum atomic E-state index is 14.1. The molecule has 0 saturated carbocycles. The fraction of sp³-hybridized carbons (Fsp3) is 0.176. The summed E-state index contributed by atoms with van der Waals surface area (Å²) in [5, 5.41) is 10.1. The third-order valence-corrected chi connectivity index (χ3v) is 4.20. The number of hydrogen-bond acceptors (Lipinski definition) is 2. The summed E-state index contributed by atoms with van der Waals surface area (Å²) in [6.07, 6.45) is 0. The standard InChI is InChI=1S/C17H12F3NO2/c1-17(7-22)14-11-4-9(19)5-12(20)15(11)21-16(14)10-3-2-8(18)6-13(10)23-17/h2-6,21-22H,7H2,1H3/t17-/m1/s1. The Hall–Kier alpha value is -2.47. The third kappa shape index (κ3) is 1.88. The second-order valence-electron chi connectivity index (χ2n) is 5.82. The van der Waals surface area contributed by atoms with Gasteiger partial charge < -0.3 is 14.8 Å². The van der Waals surface area contributed by atoms with Gasteiger partial charge in [0.1, 0.15) is 23.2 Å². The number of benzene rings is 2. The Morgan fingerprint density at radius 3 is 2.65 bits per heavy atom. The number of H-pyrrole nitrogens is 1. The monoisotopic (exact) mass is 319 g/mol. The molecule has 0 radical (unpaired) electrons. The van der Waals surface area contributed by atoms with Crippen molar-refractivity contribution in [3.05, 3.63) is 53.3 Å². The zero-order valence-corrected chi connectivity index (χ0v) is 12.1. The molecule has 3 nitrogen and oxygen atoms in total. The summed E-state index contributed by atoms with van der Waals surface area (Å²) in [6.45, 7) is 1.16. The molecule has 2 aromatic carbocycles. The van der Waals surface area contributed by atoms with Crippen LogP contribution >= 0.6 is 0 Å². The molecule has 0 amide bonds. The largest absolute Gasteiger partial charge is 0.480 e. The summed E-state index contributed by atoms with van der Waals surface area (Å²) in [6, 6.07) is 5.95. The van der Waals surface area contributed by atoms with Crippen LogP contribution in [0.1, 0.15) is 12.5 Å². The lowest BCUT2D eigenvalue weighted by Crippen LogP contribution is -2.36. The number of hydrogen-bond donors (Lipinski definition) is 2. The quantitative estimate of drug-likeness (QED) is 0.715. The number of ether oxygens (including phenoxy) is 1. The molecule has 6 heteroatoms. The van der Waals surface area contributed by atoms with Crippen molar-refractivity contribution in [3.63, 3.8) is 0 Å². The Bertz CT molecular complexity index is 951. The molecule has 0 aliphatic carbocycles. The molecule has 23 heavy (non-hydrogen) atoms. The maximum Gasteiger partial charge on any atom is 0.157 e. The van der Waals surface area contributed by atoms with Gasteiger partial charge in [-0.05, 0) is 25.1 Å². The number of aliphatic hydroxyl groups is 1. The van der Waals surface area contributed by atoms with Crippen molar-refractivity contribution in [1.82, 2.24) is 4.98 Å². The Kier molecular flexibility index (Phi) is 2.78. The first-order valence-corrected chi connectivity index (χ1v) is 7.04. The minimum absolute atomic E-state index is 0.122. The van der Waals surface area contributed by atoms with Crippen LogP contribution in [-0.4, -0.2) is 16.7 Å². The molecule has 0 fully saturated rings. The highest BCUT2D eigenvalue weighted by atomic mass is 19.1. The van der Waals surface area contributed by atoms with Gasteiger partial charge in [0.2, 0.25) is 0 Å². The highest BCUT2D eigenvalue weighted by Crippen LogP contribution is 2.48. The summed E-state index contributed by atoms with van der Waals surface area (Å²) in [5.74, 6) is -1.71. The number of nitrogens with one attached hydrogen (secondary N) is 1. The zero-order valence-electron chi connectivity index (χ0n) is 12.1. The molecule has 0 unspecified atom stereocenters. The molecule has 1 aromatic heterocycles. The predicted octanol–water partition coefficient (Wildman–Crippen LogP) is 3.85. The highest BCUT2D eigenvalue weighted by molar-refractivity contribution is 5.94. The number of aromatic nitrogens is 1. The predicted molar refractivity (Wildman–Crippen MR) is 78.7 cm³/mol. The lowest BCUT2D eigenvalue weighted by molar-refractivity contribution is 0.0205. The first kappa shape index (κ1) is 14.1. The third-order valence-electron chi connectivity index (χ3n) is 4.20. The SMILES string of the molecule is C[C@]1(CO)Oc2cc(F)ccc2-c2[nH]c3c(F)cc(F)cc3c21. The van der Waals surface area contributed by atoms with Crippen molar-refractivity contribution in [1.29, 1.82) is 0 Å². The number of fused-ring (bicyclic) bond motifs is 5. The number of rotatable bonds is 1. The van der Waals surface area contributed by atoms with Gasteiger partial charge in [0.05, 0.1) is 17.8 Å². The van der Waals surface area contributed by atoms with E-state index in [1.807, 2.05) is 0 Å². The van der Waals surface area contributed by atoms with Crippen LogP contribution < -0.4 is 4.74 Å². The first-order chi connectivity index (χ1) is 10.9. The molecule has 2 heterocycles. The molecule has 0 saturated heterocycles. The van der Waals surface area contributed by atoms with Gasteiger partial charge in [-0.15, -0.1) is 0 Å². The minimum atomic E-state index is -1.24. The van der Waals surface area contributed by atoms with Crippen LogP contribution in [0.25, 0.3) is 22.2 Å². The average Bonchev–Trinajstić information content (AvgIpc) is 2.88. The number of aromatic amines is 1. The van der Waals surface area contributed by atoms with E-state index >= 15 is 0 Å². The van der Waals surface area contributed by atoms with Gasteiger partial charge in [-0.1, -0.05) is 0 Å². The summed E-state index contributed by atoms with van der Waals surface area (Å²) < 4.78 is 47.0.